The van der Waals surface area contributed by atoms with Crippen LogP contribution >= 0.6 is 0 Å². The van der Waals surface area contributed by atoms with E-state index in [9.17, 15) is 4.39 Å². The summed E-state index contributed by atoms with van der Waals surface area (Å²) in [6, 6.07) is 5.02. The molecule has 3 heteroatoms. The molecule has 1 aromatic rings. The average Bonchev–Trinajstić information content (AvgIpc) is 3.05. The Hall–Kier alpha value is -1.37. The normalized spacial score (nSPS) is 21.1. The van der Waals surface area contributed by atoms with Crippen LogP contribution in [0.5, 0.6) is 0 Å². The topological polar surface area (TPSA) is 23.5 Å². The van der Waals surface area contributed by atoms with Crippen LogP contribution in [0, 0.1) is 29.5 Å². The predicted octanol–water partition coefficient (Wildman–Crippen LogP) is 2.26. The monoisotopic (exact) mass is 261 g/mol. The molecule has 0 radical (unpaired) electrons. The fraction of sp³-hybridized carbons (Fsp3) is 0.500. The van der Waals surface area contributed by atoms with E-state index in [-0.39, 0.29) is 12.4 Å². The van der Waals surface area contributed by atoms with Gasteiger partial charge in [-0.2, -0.15) is 0 Å². The Morgan fingerprint density at radius 1 is 1.47 bits per heavy atom. The molecule has 1 aliphatic carbocycles. The molecule has 1 aromatic carbocycles. The lowest BCUT2D eigenvalue weighted by molar-refractivity contribution is 0.303. The number of hydrogen-bond donors (Lipinski definition) is 1. The minimum Gasteiger partial charge on any atom is -0.384 e. The zero-order valence-corrected chi connectivity index (χ0v) is 11.5. The van der Waals surface area contributed by atoms with E-state index >= 15 is 0 Å². The van der Waals surface area contributed by atoms with Gasteiger partial charge in [0.25, 0.3) is 0 Å². The summed E-state index contributed by atoms with van der Waals surface area (Å²) < 4.78 is 13.9. The third-order valence-corrected chi connectivity index (χ3v) is 3.63. The van der Waals surface area contributed by atoms with Crippen molar-refractivity contribution in [2.45, 2.75) is 19.9 Å². The summed E-state index contributed by atoms with van der Waals surface area (Å²) in [7, 11) is 2.03. The van der Waals surface area contributed by atoms with E-state index in [1.165, 1.54) is 12.5 Å². The van der Waals surface area contributed by atoms with Gasteiger partial charge in [-0.05, 0) is 37.4 Å². The SMILES string of the molecule is CC1CC1CN(C)Cc1ccc(C#CCO)cc1F. The summed E-state index contributed by atoms with van der Waals surface area (Å²) in [4.78, 5) is 2.17. The third kappa shape index (κ3) is 4.05. The van der Waals surface area contributed by atoms with Crippen molar-refractivity contribution in [3.8, 4) is 11.8 Å². The Labute approximate surface area is 114 Å². The summed E-state index contributed by atoms with van der Waals surface area (Å²) in [5.74, 6) is 6.61. The maximum absolute atomic E-state index is 13.9. The number of aliphatic hydroxyl groups is 1. The number of rotatable bonds is 4. The number of nitrogens with zero attached hydrogens (tertiary/aromatic N) is 1. The minimum atomic E-state index is -0.222. The molecule has 0 amide bonds. The van der Waals surface area contributed by atoms with E-state index in [1.807, 2.05) is 7.05 Å². The molecule has 2 atom stereocenters. The zero-order valence-electron chi connectivity index (χ0n) is 11.5. The Balaban J connectivity index is 1.96. The highest BCUT2D eigenvalue weighted by atomic mass is 19.1. The first-order chi connectivity index (χ1) is 9.10. The van der Waals surface area contributed by atoms with Crippen LogP contribution in [0.3, 0.4) is 0 Å². The Bertz CT molecular complexity index is 503. The van der Waals surface area contributed by atoms with Crippen LogP contribution in [-0.2, 0) is 6.54 Å². The van der Waals surface area contributed by atoms with Crippen LogP contribution in [0.25, 0.3) is 0 Å². The molecule has 0 aliphatic heterocycles. The van der Waals surface area contributed by atoms with Crippen LogP contribution in [0.1, 0.15) is 24.5 Å². The maximum Gasteiger partial charge on any atom is 0.128 e. The van der Waals surface area contributed by atoms with Gasteiger partial charge in [-0.25, -0.2) is 4.39 Å². The predicted molar refractivity (Wildman–Crippen MR) is 74.0 cm³/mol. The highest BCUT2D eigenvalue weighted by Crippen LogP contribution is 2.38. The molecule has 0 saturated heterocycles. The Morgan fingerprint density at radius 3 is 2.79 bits per heavy atom. The quantitative estimate of drug-likeness (QED) is 0.840. The smallest absolute Gasteiger partial charge is 0.128 e. The number of halogens is 1. The molecule has 2 nitrogen and oxygen atoms in total. The molecule has 1 fully saturated rings. The van der Waals surface area contributed by atoms with Crippen LogP contribution in [0.15, 0.2) is 18.2 Å². The van der Waals surface area contributed by atoms with Crippen molar-refractivity contribution in [1.29, 1.82) is 0 Å². The largest absolute Gasteiger partial charge is 0.384 e. The standard InChI is InChI=1S/C16H20FNO/c1-12-8-15(12)11-18(2)10-14-6-5-13(4-3-7-19)9-16(14)17/h5-6,9,12,15,19H,7-8,10-11H2,1-2H3. The molecule has 2 rings (SSSR count). The Kier molecular flexibility index (Phi) is 4.57. The second-order valence-corrected chi connectivity index (χ2v) is 5.44. The summed E-state index contributed by atoms with van der Waals surface area (Å²) in [6.07, 6.45) is 1.29. The highest BCUT2D eigenvalue weighted by Gasteiger charge is 2.33. The maximum atomic E-state index is 13.9. The third-order valence-electron chi connectivity index (χ3n) is 3.63. The van der Waals surface area contributed by atoms with Gasteiger partial charge in [-0.3, -0.25) is 0 Å². The van der Waals surface area contributed by atoms with Gasteiger partial charge in [0.15, 0.2) is 0 Å². The molecule has 1 N–H and O–H groups in total. The lowest BCUT2D eigenvalue weighted by Crippen LogP contribution is -2.21. The number of benzene rings is 1. The van der Waals surface area contributed by atoms with Gasteiger partial charge in [0, 0.05) is 24.2 Å². The summed E-state index contributed by atoms with van der Waals surface area (Å²) in [5, 5.41) is 8.61. The van der Waals surface area contributed by atoms with Gasteiger partial charge in [-0.1, -0.05) is 24.8 Å². The molecule has 102 valence electrons. The van der Waals surface area contributed by atoms with Gasteiger partial charge < -0.3 is 10.0 Å². The average molecular weight is 261 g/mol. The van der Waals surface area contributed by atoms with Gasteiger partial charge in [0.05, 0.1) is 0 Å². The minimum absolute atomic E-state index is 0.203. The van der Waals surface area contributed by atoms with Crippen molar-refractivity contribution in [3.63, 3.8) is 0 Å². The second-order valence-electron chi connectivity index (χ2n) is 5.44. The van der Waals surface area contributed by atoms with Crippen molar-refractivity contribution < 1.29 is 9.50 Å². The van der Waals surface area contributed by atoms with Crippen molar-refractivity contribution in [2.24, 2.45) is 11.8 Å². The fourth-order valence-corrected chi connectivity index (χ4v) is 2.30. The highest BCUT2D eigenvalue weighted by molar-refractivity contribution is 5.37. The number of aliphatic hydroxyl groups excluding tert-OH is 1. The zero-order chi connectivity index (χ0) is 13.8. The van der Waals surface area contributed by atoms with Crippen molar-refractivity contribution in [1.82, 2.24) is 4.90 Å². The fourth-order valence-electron chi connectivity index (χ4n) is 2.30. The van der Waals surface area contributed by atoms with Gasteiger partial charge in [0.2, 0.25) is 0 Å². The first kappa shape index (κ1) is 14.0. The van der Waals surface area contributed by atoms with Crippen LogP contribution in [0.2, 0.25) is 0 Å². The lowest BCUT2D eigenvalue weighted by Gasteiger charge is -2.17. The molecule has 0 spiro atoms. The van der Waals surface area contributed by atoms with E-state index in [4.69, 9.17) is 5.11 Å². The van der Waals surface area contributed by atoms with E-state index in [0.717, 1.165) is 18.4 Å². The number of hydrogen-bond acceptors (Lipinski definition) is 2. The molecule has 1 saturated carbocycles. The van der Waals surface area contributed by atoms with E-state index in [1.54, 1.807) is 12.1 Å². The van der Waals surface area contributed by atoms with Crippen LogP contribution in [0.4, 0.5) is 4.39 Å². The first-order valence-corrected chi connectivity index (χ1v) is 6.67. The van der Waals surface area contributed by atoms with Crippen molar-refractivity contribution in [3.05, 3.63) is 35.1 Å². The molecule has 0 bridgehead atoms. The molecule has 19 heavy (non-hydrogen) atoms. The summed E-state index contributed by atoms with van der Waals surface area (Å²) >= 11 is 0. The molecule has 0 aromatic heterocycles. The lowest BCUT2D eigenvalue weighted by atomic mass is 10.1. The second kappa shape index (κ2) is 6.18. The van der Waals surface area contributed by atoms with Gasteiger partial charge in [0.1, 0.15) is 12.4 Å². The summed E-state index contributed by atoms with van der Waals surface area (Å²) in [6.45, 7) is 3.72. The van der Waals surface area contributed by atoms with Gasteiger partial charge >= 0.3 is 0 Å². The van der Waals surface area contributed by atoms with E-state index in [0.29, 0.717) is 17.7 Å². The van der Waals surface area contributed by atoms with E-state index < -0.39 is 0 Å². The molecule has 0 heterocycles. The van der Waals surface area contributed by atoms with Crippen molar-refractivity contribution in [2.75, 3.05) is 20.2 Å². The Morgan fingerprint density at radius 2 is 2.21 bits per heavy atom. The molecule has 1 aliphatic rings. The van der Waals surface area contributed by atoms with Crippen molar-refractivity contribution >= 4 is 0 Å². The molecule has 2 unspecified atom stereocenters. The van der Waals surface area contributed by atoms with Gasteiger partial charge in [-0.15, -0.1) is 0 Å². The van der Waals surface area contributed by atoms with Crippen LogP contribution in [-0.4, -0.2) is 30.2 Å². The first-order valence-electron chi connectivity index (χ1n) is 6.67. The summed E-state index contributed by atoms with van der Waals surface area (Å²) in [5.41, 5.74) is 1.30. The molecular formula is C16H20FNO. The molecular weight excluding hydrogens is 241 g/mol. The van der Waals surface area contributed by atoms with Crippen LogP contribution < -0.4 is 0 Å². The van der Waals surface area contributed by atoms with E-state index in [2.05, 4.69) is 23.7 Å².